The fourth-order valence-electron chi connectivity index (χ4n) is 2.97. The first-order valence-electron chi connectivity index (χ1n) is 6.64. The van der Waals surface area contributed by atoms with Crippen LogP contribution in [-0.4, -0.2) is 45.5 Å². The molecule has 22 heavy (non-hydrogen) atoms. The van der Waals surface area contributed by atoms with Crippen LogP contribution in [0.2, 0.25) is 0 Å². The fraction of sp³-hybridized carbons (Fsp3) is 0.143. The second kappa shape index (κ2) is 4.42. The van der Waals surface area contributed by atoms with E-state index in [1.165, 1.54) is 4.90 Å². The molecule has 109 valence electrons. The minimum absolute atomic E-state index is 0.216. The largest absolute Gasteiger partial charge is 0.351 e. The van der Waals surface area contributed by atoms with Crippen LogP contribution in [0.4, 0.5) is 4.79 Å². The lowest BCUT2D eigenvalue weighted by molar-refractivity contribution is -0.112. The SMILES string of the molecule is NC(=O)N1C(c2ncc[nH]2)=C2C=NNCC3=C2C1C=[C]C3=O. The van der Waals surface area contributed by atoms with E-state index in [-0.39, 0.29) is 12.3 Å². The van der Waals surface area contributed by atoms with Gasteiger partial charge in [0.2, 0.25) is 0 Å². The summed E-state index contributed by atoms with van der Waals surface area (Å²) in [5, 5.41) is 4.07. The average molecular weight is 295 g/mol. The highest BCUT2D eigenvalue weighted by molar-refractivity contribution is 6.11. The van der Waals surface area contributed by atoms with Gasteiger partial charge in [0.15, 0.2) is 11.6 Å². The highest BCUT2D eigenvalue weighted by Gasteiger charge is 2.43. The van der Waals surface area contributed by atoms with Crippen molar-refractivity contribution >= 4 is 23.7 Å². The Kier molecular flexibility index (Phi) is 2.52. The predicted molar refractivity (Wildman–Crippen MR) is 77.1 cm³/mol. The van der Waals surface area contributed by atoms with Gasteiger partial charge in [-0.3, -0.25) is 9.69 Å². The summed E-state index contributed by atoms with van der Waals surface area (Å²) in [5.74, 6) is 0.274. The molecule has 1 aromatic rings. The minimum atomic E-state index is -0.627. The minimum Gasteiger partial charge on any atom is -0.351 e. The van der Waals surface area contributed by atoms with E-state index in [1.54, 1.807) is 24.7 Å². The van der Waals surface area contributed by atoms with E-state index in [9.17, 15) is 9.59 Å². The maximum Gasteiger partial charge on any atom is 0.320 e. The van der Waals surface area contributed by atoms with Crippen LogP contribution >= 0.6 is 0 Å². The zero-order valence-electron chi connectivity index (χ0n) is 11.3. The number of carbonyl (C=O) groups excluding carboxylic acids is 2. The Morgan fingerprint density at radius 2 is 2.36 bits per heavy atom. The van der Waals surface area contributed by atoms with Gasteiger partial charge in [-0.05, 0) is 11.6 Å². The maximum atomic E-state index is 12.1. The molecule has 0 fully saturated rings. The first-order valence-corrected chi connectivity index (χ1v) is 6.64. The number of amides is 2. The molecule has 2 aliphatic heterocycles. The van der Waals surface area contributed by atoms with Crippen molar-refractivity contribution in [3.05, 3.63) is 47.1 Å². The molecule has 0 spiro atoms. The second-order valence-electron chi connectivity index (χ2n) is 4.98. The number of hydrogen-bond acceptors (Lipinski definition) is 5. The normalized spacial score (nSPS) is 22.8. The summed E-state index contributed by atoms with van der Waals surface area (Å²) < 4.78 is 0. The number of nitrogens with one attached hydrogen (secondary N) is 2. The number of nitrogens with two attached hydrogens (primary N) is 1. The number of imidazole rings is 1. The molecule has 0 saturated carbocycles. The number of ketones is 1. The molecule has 0 bridgehead atoms. The molecule has 1 aromatic heterocycles. The second-order valence-corrected chi connectivity index (χ2v) is 4.98. The number of aromatic amines is 1. The van der Waals surface area contributed by atoms with E-state index in [1.807, 2.05) is 0 Å². The topological polar surface area (TPSA) is 116 Å². The number of aromatic nitrogens is 2. The van der Waals surface area contributed by atoms with Crippen LogP contribution in [0.3, 0.4) is 0 Å². The maximum absolute atomic E-state index is 12.1. The van der Waals surface area contributed by atoms with Crippen LogP contribution in [0, 0.1) is 6.08 Å². The molecule has 4 rings (SSSR count). The summed E-state index contributed by atoms with van der Waals surface area (Å²) in [6.45, 7) is 0.281. The van der Waals surface area contributed by atoms with Crippen molar-refractivity contribution in [2.45, 2.75) is 6.04 Å². The number of urea groups is 1. The lowest BCUT2D eigenvalue weighted by atomic mass is 9.89. The Bertz CT molecular complexity index is 799. The molecule has 1 atom stereocenters. The lowest BCUT2D eigenvalue weighted by Gasteiger charge is -2.25. The summed E-state index contributed by atoms with van der Waals surface area (Å²) in [4.78, 5) is 32.6. The molecule has 0 aromatic carbocycles. The summed E-state index contributed by atoms with van der Waals surface area (Å²) in [7, 11) is 0. The number of Topliss-reactive ketones (excluding diaryl/α,β-unsaturated/α-hetero) is 1. The summed E-state index contributed by atoms with van der Waals surface area (Å²) in [6, 6.07) is -1.09. The van der Waals surface area contributed by atoms with Gasteiger partial charge in [-0.2, -0.15) is 5.10 Å². The van der Waals surface area contributed by atoms with E-state index in [0.717, 1.165) is 5.57 Å². The molecule has 3 heterocycles. The molecule has 0 saturated heterocycles. The van der Waals surface area contributed by atoms with Gasteiger partial charge in [0.25, 0.3) is 0 Å². The average Bonchev–Trinajstić information content (AvgIpc) is 3.05. The first-order chi connectivity index (χ1) is 10.7. The Morgan fingerprint density at radius 3 is 3.09 bits per heavy atom. The standard InChI is InChI=1S/C14H11N6O2/c15-14(22)20-9-1-2-10(21)7-5-18-19-6-8(11(7)9)12(20)13-16-3-4-17-13/h1,3-4,6,9,18H,5H2,(H2,15,22)(H,16,17). The van der Waals surface area contributed by atoms with Crippen LogP contribution in [0.5, 0.6) is 0 Å². The van der Waals surface area contributed by atoms with Gasteiger partial charge in [-0.25, -0.2) is 9.78 Å². The number of allylic oxidation sites excluding steroid dienone is 1. The van der Waals surface area contributed by atoms with Gasteiger partial charge in [-0.1, -0.05) is 0 Å². The molecular formula is C14H11N6O2. The zero-order chi connectivity index (χ0) is 15.3. The number of carbonyl (C=O) groups is 2. The monoisotopic (exact) mass is 295 g/mol. The van der Waals surface area contributed by atoms with E-state index >= 15 is 0 Å². The number of primary amides is 1. The molecule has 4 N–H and O–H groups in total. The van der Waals surface area contributed by atoms with Crippen LogP contribution < -0.4 is 11.2 Å². The van der Waals surface area contributed by atoms with Crippen molar-refractivity contribution in [1.82, 2.24) is 20.3 Å². The molecule has 1 aliphatic carbocycles. The van der Waals surface area contributed by atoms with Gasteiger partial charge in [0.05, 0.1) is 24.5 Å². The number of rotatable bonds is 1. The quantitative estimate of drug-likeness (QED) is 0.660. The summed E-state index contributed by atoms with van der Waals surface area (Å²) in [6.07, 6.45) is 9.04. The van der Waals surface area contributed by atoms with Gasteiger partial charge >= 0.3 is 6.03 Å². The molecular weight excluding hydrogens is 284 g/mol. The number of H-pyrrole nitrogens is 1. The molecule has 3 aliphatic rings. The smallest absolute Gasteiger partial charge is 0.320 e. The van der Waals surface area contributed by atoms with Crippen molar-refractivity contribution in [2.75, 3.05) is 6.54 Å². The van der Waals surface area contributed by atoms with E-state index in [0.29, 0.717) is 22.7 Å². The van der Waals surface area contributed by atoms with Crippen molar-refractivity contribution < 1.29 is 9.59 Å². The molecule has 1 unspecified atom stereocenters. The highest BCUT2D eigenvalue weighted by atomic mass is 16.2. The molecule has 1 radical (unpaired) electrons. The zero-order valence-corrected chi connectivity index (χ0v) is 11.3. The Hall–Kier alpha value is -3.16. The van der Waals surface area contributed by atoms with E-state index in [2.05, 4.69) is 26.6 Å². The first kappa shape index (κ1) is 12.6. The van der Waals surface area contributed by atoms with Crippen molar-refractivity contribution in [1.29, 1.82) is 0 Å². The fourth-order valence-corrected chi connectivity index (χ4v) is 2.97. The van der Waals surface area contributed by atoms with Gasteiger partial charge in [-0.15, -0.1) is 0 Å². The van der Waals surface area contributed by atoms with Crippen LogP contribution in [0.25, 0.3) is 5.70 Å². The van der Waals surface area contributed by atoms with Crippen LogP contribution in [0.1, 0.15) is 5.82 Å². The predicted octanol–water partition coefficient (Wildman–Crippen LogP) is -0.289. The van der Waals surface area contributed by atoms with Crippen molar-refractivity contribution in [3.63, 3.8) is 0 Å². The molecule has 8 nitrogen and oxygen atoms in total. The van der Waals surface area contributed by atoms with Gasteiger partial charge in [0.1, 0.15) is 0 Å². The summed E-state index contributed by atoms with van der Waals surface area (Å²) >= 11 is 0. The Morgan fingerprint density at radius 1 is 1.50 bits per heavy atom. The van der Waals surface area contributed by atoms with Crippen molar-refractivity contribution in [2.24, 2.45) is 10.8 Å². The van der Waals surface area contributed by atoms with Gasteiger partial charge in [0, 0.05) is 29.6 Å². The number of hydrogen-bond donors (Lipinski definition) is 3. The van der Waals surface area contributed by atoms with Crippen molar-refractivity contribution in [3.8, 4) is 0 Å². The third-order valence-corrected chi connectivity index (χ3v) is 3.83. The van der Waals surface area contributed by atoms with Crippen LogP contribution in [0.15, 0.2) is 40.3 Å². The Labute approximate surface area is 125 Å². The van der Waals surface area contributed by atoms with E-state index in [4.69, 9.17) is 5.73 Å². The van der Waals surface area contributed by atoms with Crippen LogP contribution in [-0.2, 0) is 4.79 Å². The Balaban J connectivity index is 2.03. The summed E-state index contributed by atoms with van der Waals surface area (Å²) in [5.41, 5.74) is 10.8. The molecule has 2 amide bonds. The third-order valence-electron chi connectivity index (χ3n) is 3.83. The third kappa shape index (κ3) is 1.57. The number of hydrazone groups is 1. The number of nitrogens with zero attached hydrogens (tertiary/aromatic N) is 3. The van der Waals surface area contributed by atoms with Gasteiger partial charge < -0.3 is 16.1 Å². The lowest BCUT2D eigenvalue weighted by Crippen LogP contribution is -2.40. The van der Waals surface area contributed by atoms with E-state index < -0.39 is 12.1 Å². The highest BCUT2D eigenvalue weighted by Crippen LogP contribution is 2.41. The molecule has 8 heteroatoms.